The Morgan fingerprint density at radius 3 is 1.56 bits per heavy atom. The van der Waals surface area contributed by atoms with Crippen molar-refractivity contribution >= 4 is 23.1 Å². The molecule has 0 N–H and O–H groups in total. The van der Waals surface area contributed by atoms with Crippen molar-refractivity contribution in [2.75, 3.05) is 14.2 Å². The van der Waals surface area contributed by atoms with E-state index in [2.05, 4.69) is 6.92 Å². The Bertz CT molecular complexity index is 301. The van der Waals surface area contributed by atoms with E-state index in [1.165, 1.54) is 0 Å². The minimum absolute atomic E-state index is 0. The van der Waals surface area contributed by atoms with E-state index in [0.29, 0.717) is 0 Å². The summed E-state index contributed by atoms with van der Waals surface area (Å²) in [5.41, 5.74) is 4.18. The van der Waals surface area contributed by atoms with Gasteiger partial charge < -0.3 is 26.5 Å². The first kappa shape index (κ1) is 18.3. The minimum atomic E-state index is 0. The smallest absolute Gasteiger partial charge is 1.00 e. The van der Waals surface area contributed by atoms with Crippen LogP contribution in [-0.4, -0.2) is 37.3 Å². The van der Waals surface area contributed by atoms with Crippen molar-refractivity contribution in [3.63, 3.8) is 0 Å². The Morgan fingerprint density at radius 2 is 1.19 bits per heavy atom. The molecule has 0 aliphatic rings. The molecule has 0 atom stereocenters. The Morgan fingerprint density at radius 1 is 0.812 bits per heavy atom. The molecule has 0 unspecified atom stereocenters. The minimum Gasteiger partial charge on any atom is -1.00 e. The van der Waals surface area contributed by atoms with Crippen molar-refractivity contribution in [3.05, 3.63) is 29.2 Å². The fourth-order valence-corrected chi connectivity index (χ4v) is 1.74. The monoisotopic (exact) mass is 296 g/mol. The van der Waals surface area contributed by atoms with Crippen LogP contribution >= 0.6 is 0 Å². The molecular weight excluding hydrogens is 280 g/mol. The van der Waals surface area contributed by atoms with Gasteiger partial charge in [-0.1, -0.05) is 12.5 Å². The molecule has 0 saturated heterocycles. The normalized spacial score (nSPS) is 8.81. The van der Waals surface area contributed by atoms with Gasteiger partial charge in [-0.2, -0.15) is 6.92 Å². The van der Waals surface area contributed by atoms with Crippen molar-refractivity contribution in [1.29, 1.82) is 0 Å². The molecule has 0 fully saturated rings. The molecule has 0 amide bonds. The van der Waals surface area contributed by atoms with Crippen LogP contribution < -0.4 is 26.5 Å². The van der Waals surface area contributed by atoms with E-state index >= 15 is 0 Å². The molecular formula is C12H17BrMgO2. The maximum absolute atomic E-state index is 5.34. The Balaban J connectivity index is 0. The summed E-state index contributed by atoms with van der Waals surface area (Å²) >= 11 is 0. The van der Waals surface area contributed by atoms with Crippen LogP contribution in [0, 0.1) is 27.7 Å². The molecule has 2 nitrogen and oxygen atoms in total. The largest absolute Gasteiger partial charge is 2.00 e. The first-order valence-electron chi connectivity index (χ1n) is 4.58. The Kier molecular flexibility index (Phi) is 8.35. The summed E-state index contributed by atoms with van der Waals surface area (Å²) in [6.45, 7) is 10.0. The zero-order valence-corrected chi connectivity index (χ0v) is 13.6. The predicted molar refractivity (Wildman–Crippen MR) is 64.0 cm³/mol. The van der Waals surface area contributed by atoms with Crippen molar-refractivity contribution in [2.24, 2.45) is 0 Å². The van der Waals surface area contributed by atoms with Crippen LogP contribution in [-0.2, 0) is 0 Å². The van der Waals surface area contributed by atoms with Crippen molar-refractivity contribution < 1.29 is 26.5 Å². The maximum atomic E-state index is 5.34. The van der Waals surface area contributed by atoms with Crippen LogP contribution in [0.4, 0.5) is 0 Å². The average molecular weight is 297 g/mol. The van der Waals surface area contributed by atoms with Gasteiger partial charge in [-0.3, -0.25) is 0 Å². The van der Waals surface area contributed by atoms with Crippen LogP contribution in [0.5, 0.6) is 11.5 Å². The number of halogens is 1. The van der Waals surface area contributed by atoms with Gasteiger partial charge in [0.05, 0.1) is 20.0 Å². The summed E-state index contributed by atoms with van der Waals surface area (Å²) < 4.78 is 10.7. The number of hydrogen-bond donors (Lipinski definition) is 0. The van der Waals surface area contributed by atoms with E-state index < -0.39 is 0 Å². The molecule has 86 valence electrons. The van der Waals surface area contributed by atoms with Gasteiger partial charge in [0.15, 0.2) is 0 Å². The zero-order valence-electron chi connectivity index (χ0n) is 10.6. The third-order valence-electron chi connectivity index (χ3n) is 2.72. The molecule has 0 heterocycles. The summed E-state index contributed by atoms with van der Waals surface area (Å²) in [6, 6.07) is 0. The van der Waals surface area contributed by atoms with Crippen LogP contribution in [0.2, 0.25) is 0 Å². The van der Waals surface area contributed by atoms with Gasteiger partial charge in [0.2, 0.25) is 0 Å². The molecule has 0 aromatic heterocycles. The molecule has 0 aliphatic heterocycles. The van der Waals surface area contributed by atoms with E-state index in [-0.39, 0.29) is 40.0 Å². The number of rotatable bonds is 2. The Labute approximate surface area is 125 Å². The Hall–Kier alpha value is -0.0638. The third-order valence-corrected chi connectivity index (χ3v) is 2.72. The molecule has 0 bridgehead atoms. The standard InChI is InChI=1S/C12H17O2.BrH.Mg/c1-7-8(2)12(14-6)10(4)9(3)11(7)13-5;;/h1H2,2-6H3;1H;/q-1;;+2/p-1. The van der Waals surface area contributed by atoms with Gasteiger partial charge in [0.1, 0.15) is 0 Å². The van der Waals surface area contributed by atoms with Gasteiger partial charge >= 0.3 is 23.1 Å². The van der Waals surface area contributed by atoms with Crippen molar-refractivity contribution in [1.82, 2.24) is 0 Å². The zero-order chi connectivity index (χ0) is 10.9. The number of methoxy groups -OCH3 is 2. The quantitative estimate of drug-likeness (QED) is 0.538. The maximum Gasteiger partial charge on any atom is 2.00 e. The molecule has 16 heavy (non-hydrogen) atoms. The summed E-state index contributed by atoms with van der Waals surface area (Å²) in [6.07, 6.45) is 0. The number of ether oxygens (including phenoxy) is 2. The second kappa shape index (κ2) is 7.30. The second-order valence-electron chi connectivity index (χ2n) is 3.42. The SMILES string of the molecule is [Br-].[CH2-]c1c(C)c(OC)c(C)c(C)c1OC.[Mg+2]. The first-order valence-corrected chi connectivity index (χ1v) is 4.58. The van der Waals surface area contributed by atoms with Gasteiger partial charge in [-0.15, -0.1) is 11.1 Å². The predicted octanol–water partition coefficient (Wildman–Crippen LogP) is -0.566. The topological polar surface area (TPSA) is 18.5 Å². The third kappa shape index (κ3) is 2.99. The molecule has 1 aromatic rings. The van der Waals surface area contributed by atoms with E-state index in [9.17, 15) is 0 Å². The molecule has 0 radical (unpaired) electrons. The van der Waals surface area contributed by atoms with E-state index in [1.54, 1.807) is 14.2 Å². The number of benzene rings is 1. The summed E-state index contributed by atoms with van der Waals surface area (Å²) in [4.78, 5) is 0. The van der Waals surface area contributed by atoms with Gasteiger partial charge in [0.25, 0.3) is 0 Å². The van der Waals surface area contributed by atoms with Crippen LogP contribution in [0.25, 0.3) is 0 Å². The van der Waals surface area contributed by atoms with E-state index in [4.69, 9.17) is 9.47 Å². The fourth-order valence-electron chi connectivity index (χ4n) is 1.74. The summed E-state index contributed by atoms with van der Waals surface area (Å²) in [5.74, 6) is 1.77. The molecule has 0 aliphatic carbocycles. The van der Waals surface area contributed by atoms with Gasteiger partial charge in [-0.25, -0.2) is 0 Å². The summed E-state index contributed by atoms with van der Waals surface area (Å²) in [7, 11) is 3.35. The van der Waals surface area contributed by atoms with E-state index in [0.717, 1.165) is 33.8 Å². The molecule has 1 aromatic carbocycles. The van der Waals surface area contributed by atoms with Crippen LogP contribution in [0.1, 0.15) is 22.3 Å². The van der Waals surface area contributed by atoms with Crippen LogP contribution in [0.3, 0.4) is 0 Å². The van der Waals surface area contributed by atoms with Crippen LogP contribution in [0.15, 0.2) is 0 Å². The molecule has 0 spiro atoms. The second-order valence-corrected chi connectivity index (χ2v) is 3.42. The van der Waals surface area contributed by atoms with Crippen molar-refractivity contribution in [3.8, 4) is 11.5 Å². The van der Waals surface area contributed by atoms with E-state index in [1.807, 2.05) is 20.8 Å². The van der Waals surface area contributed by atoms with Gasteiger partial charge in [-0.05, 0) is 19.4 Å². The van der Waals surface area contributed by atoms with Gasteiger partial charge in [0, 0.05) is 5.75 Å². The average Bonchev–Trinajstić information content (AvgIpc) is 2.17. The molecule has 1 rings (SSSR count). The number of hydrogen-bond acceptors (Lipinski definition) is 2. The fraction of sp³-hybridized carbons (Fsp3) is 0.417. The summed E-state index contributed by atoms with van der Waals surface area (Å²) in [5, 5.41) is 0. The molecule has 0 saturated carbocycles. The molecule has 4 heteroatoms. The van der Waals surface area contributed by atoms with Crippen molar-refractivity contribution in [2.45, 2.75) is 20.8 Å². The first-order chi connectivity index (χ1) is 6.54.